The molecule has 0 spiro atoms. The predicted molar refractivity (Wildman–Crippen MR) is 89.5 cm³/mol. The molecular weight excluding hydrogens is 256 g/mol. The summed E-state index contributed by atoms with van der Waals surface area (Å²) < 4.78 is 0. The van der Waals surface area contributed by atoms with E-state index in [1.54, 1.807) is 0 Å². The molecule has 2 fully saturated rings. The molecule has 1 heterocycles. The number of piperazine rings is 1. The molecule has 2 nitrogen and oxygen atoms in total. The first-order valence-electron chi connectivity index (χ1n) is 8.36. The van der Waals surface area contributed by atoms with Gasteiger partial charge in [-0.3, -0.25) is 4.90 Å². The fraction of sp³-hybridized carbons (Fsp3) is 0.684. The highest BCUT2D eigenvalue weighted by atomic mass is 15.3. The summed E-state index contributed by atoms with van der Waals surface area (Å²) in [5.74, 6) is 0.884. The Morgan fingerprint density at radius 2 is 1.90 bits per heavy atom. The summed E-state index contributed by atoms with van der Waals surface area (Å²) in [6.45, 7) is 14.9. The third-order valence-electron chi connectivity index (χ3n) is 5.64. The molecule has 1 atom stereocenters. The van der Waals surface area contributed by atoms with Gasteiger partial charge in [0.25, 0.3) is 0 Å². The van der Waals surface area contributed by atoms with Gasteiger partial charge < -0.3 is 5.32 Å². The molecule has 1 unspecified atom stereocenters. The quantitative estimate of drug-likeness (QED) is 0.912. The van der Waals surface area contributed by atoms with Crippen molar-refractivity contribution in [2.45, 2.75) is 65.1 Å². The molecule has 1 aliphatic heterocycles. The second kappa shape index (κ2) is 5.10. The summed E-state index contributed by atoms with van der Waals surface area (Å²) in [5, 5.41) is 3.85. The number of hydrogen-bond donors (Lipinski definition) is 1. The van der Waals surface area contributed by atoms with Crippen LogP contribution >= 0.6 is 0 Å². The van der Waals surface area contributed by atoms with Crippen molar-refractivity contribution >= 4 is 0 Å². The molecule has 21 heavy (non-hydrogen) atoms. The number of nitrogens with zero attached hydrogens (tertiary/aromatic N) is 1. The molecule has 3 rings (SSSR count). The van der Waals surface area contributed by atoms with Crippen LogP contribution in [-0.2, 0) is 6.54 Å². The van der Waals surface area contributed by atoms with Gasteiger partial charge in [-0.2, -0.15) is 0 Å². The maximum atomic E-state index is 3.85. The van der Waals surface area contributed by atoms with E-state index in [2.05, 4.69) is 63.0 Å². The normalized spacial score (nSPS) is 29.6. The lowest BCUT2D eigenvalue weighted by Crippen LogP contribution is -2.67. The molecule has 1 N–H and O–H groups in total. The highest BCUT2D eigenvalue weighted by Crippen LogP contribution is 2.42. The number of nitrogens with one attached hydrogen (secondary N) is 1. The van der Waals surface area contributed by atoms with E-state index in [0.29, 0.717) is 5.54 Å². The van der Waals surface area contributed by atoms with Gasteiger partial charge in [0.2, 0.25) is 0 Å². The van der Waals surface area contributed by atoms with Crippen LogP contribution in [0, 0.1) is 19.8 Å². The molecule has 1 saturated carbocycles. The monoisotopic (exact) mass is 286 g/mol. The van der Waals surface area contributed by atoms with Crippen LogP contribution in [-0.4, -0.2) is 29.1 Å². The van der Waals surface area contributed by atoms with E-state index >= 15 is 0 Å². The fourth-order valence-corrected chi connectivity index (χ4v) is 3.64. The molecule has 2 aliphatic rings. The van der Waals surface area contributed by atoms with Gasteiger partial charge in [-0.15, -0.1) is 0 Å². The Morgan fingerprint density at radius 1 is 1.19 bits per heavy atom. The van der Waals surface area contributed by atoms with Crippen molar-refractivity contribution in [3.8, 4) is 0 Å². The van der Waals surface area contributed by atoms with Gasteiger partial charge in [-0.05, 0) is 64.5 Å². The number of aryl methyl sites for hydroxylation is 2. The van der Waals surface area contributed by atoms with Gasteiger partial charge in [0.05, 0.1) is 0 Å². The van der Waals surface area contributed by atoms with Crippen molar-refractivity contribution in [1.29, 1.82) is 0 Å². The number of hydrogen-bond acceptors (Lipinski definition) is 2. The van der Waals surface area contributed by atoms with Crippen LogP contribution < -0.4 is 5.32 Å². The van der Waals surface area contributed by atoms with Gasteiger partial charge in [0, 0.05) is 30.7 Å². The summed E-state index contributed by atoms with van der Waals surface area (Å²) >= 11 is 0. The maximum absolute atomic E-state index is 3.85. The van der Waals surface area contributed by atoms with E-state index < -0.39 is 0 Å². The largest absolute Gasteiger partial charge is 0.308 e. The van der Waals surface area contributed by atoms with Gasteiger partial charge in [0.15, 0.2) is 0 Å². The van der Waals surface area contributed by atoms with E-state index in [1.165, 1.54) is 29.5 Å². The van der Waals surface area contributed by atoms with E-state index in [1.807, 2.05) is 0 Å². The summed E-state index contributed by atoms with van der Waals surface area (Å²) in [6, 6.07) is 6.85. The average Bonchev–Trinajstić information content (AvgIpc) is 3.24. The van der Waals surface area contributed by atoms with Crippen LogP contribution in [0.25, 0.3) is 0 Å². The van der Waals surface area contributed by atoms with Crippen molar-refractivity contribution in [2.75, 3.05) is 13.1 Å². The molecule has 1 aromatic rings. The summed E-state index contributed by atoms with van der Waals surface area (Å²) in [4.78, 5) is 2.70. The Morgan fingerprint density at radius 3 is 2.57 bits per heavy atom. The lowest BCUT2D eigenvalue weighted by molar-refractivity contribution is 0.0177. The Kier molecular flexibility index (Phi) is 3.66. The van der Waals surface area contributed by atoms with E-state index in [-0.39, 0.29) is 5.54 Å². The first-order chi connectivity index (χ1) is 9.80. The standard InChI is InChI=1S/C19H30N2/c1-14-6-7-15(2)16(10-14)11-21-13-19(5,17-8-9-17)20-12-18(21,3)4/h6-7,10,17,20H,8-9,11-13H2,1-5H3. The molecule has 2 heteroatoms. The molecule has 116 valence electrons. The predicted octanol–water partition coefficient (Wildman–Crippen LogP) is 3.66. The van der Waals surface area contributed by atoms with Crippen LogP contribution in [0.2, 0.25) is 0 Å². The minimum absolute atomic E-state index is 0.227. The summed E-state index contributed by atoms with van der Waals surface area (Å²) in [5.41, 5.74) is 4.82. The number of rotatable bonds is 3. The molecule has 1 aromatic carbocycles. The van der Waals surface area contributed by atoms with Crippen molar-refractivity contribution in [2.24, 2.45) is 5.92 Å². The zero-order chi connectivity index (χ0) is 15.3. The highest BCUT2D eigenvalue weighted by molar-refractivity contribution is 5.30. The van der Waals surface area contributed by atoms with Crippen LogP contribution in [0.3, 0.4) is 0 Å². The van der Waals surface area contributed by atoms with Crippen molar-refractivity contribution in [1.82, 2.24) is 10.2 Å². The van der Waals surface area contributed by atoms with E-state index in [9.17, 15) is 0 Å². The lowest BCUT2D eigenvalue weighted by atomic mass is 9.86. The second-order valence-corrected chi connectivity index (χ2v) is 8.14. The molecule has 0 amide bonds. The molecule has 0 bridgehead atoms. The minimum atomic E-state index is 0.227. The summed E-state index contributed by atoms with van der Waals surface area (Å²) in [7, 11) is 0. The topological polar surface area (TPSA) is 15.3 Å². The van der Waals surface area contributed by atoms with Gasteiger partial charge in [-0.25, -0.2) is 0 Å². The van der Waals surface area contributed by atoms with E-state index in [0.717, 1.165) is 25.6 Å². The molecule has 1 aliphatic carbocycles. The zero-order valence-electron chi connectivity index (χ0n) is 14.3. The highest BCUT2D eigenvalue weighted by Gasteiger charge is 2.48. The Bertz CT molecular complexity index is 530. The molecule has 1 saturated heterocycles. The van der Waals surface area contributed by atoms with Crippen molar-refractivity contribution in [3.05, 3.63) is 34.9 Å². The Labute approximate surface area is 129 Å². The van der Waals surface area contributed by atoms with Crippen LogP contribution in [0.15, 0.2) is 18.2 Å². The van der Waals surface area contributed by atoms with Crippen LogP contribution in [0.5, 0.6) is 0 Å². The van der Waals surface area contributed by atoms with Gasteiger partial charge >= 0.3 is 0 Å². The van der Waals surface area contributed by atoms with Crippen molar-refractivity contribution in [3.63, 3.8) is 0 Å². The zero-order valence-corrected chi connectivity index (χ0v) is 14.3. The molecular formula is C19H30N2. The lowest BCUT2D eigenvalue weighted by Gasteiger charge is -2.51. The molecule has 0 aromatic heterocycles. The average molecular weight is 286 g/mol. The third-order valence-corrected chi connectivity index (χ3v) is 5.64. The SMILES string of the molecule is Cc1ccc(C)c(CN2CC(C)(C3CC3)NCC2(C)C)c1. The smallest absolute Gasteiger partial charge is 0.0309 e. The van der Waals surface area contributed by atoms with E-state index in [4.69, 9.17) is 0 Å². The first kappa shape index (κ1) is 15.1. The van der Waals surface area contributed by atoms with Crippen LogP contribution in [0.1, 0.15) is 50.3 Å². The summed E-state index contributed by atoms with van der Waals surface area (Å²) in [6.07, 6.45) is 2.81. The minimum Gasteiger partial charge on any atom is -0.308 e. The fourth-order valence-electron chi connectivity index (χ4n) is 3.64. The molecule has 0 radical (unpaired) electrons. The van der Waals surface area contributed by atoms with Gasteiger partial charge in [0.1, 0.15) is 0 Å². The second-order valence-electron chi connectivity index (χ2n) is 8.14. The maximum Gasteiger partial charge on any atom is 0.0309 e. The Hall–Kier alpha value is -0.860. The number of benzene rings is 1. The first-order valence-corrected chi connectivity index (χ1v) is 8.36. The van der Waals surface area contributed by atoms with Crippen LogP contribution in [0.4, 0.5) is 0 Å². The Balaban J connectivity index is 1.82. The third kappa shape index (κ3) is 3.02. The van der Waals surface area contributed by atoms with Gasteiger partial charge in [-0.1, -0.05) is 23.8 Å². The van der Waals surface area contributed by atoms with Crippen molar-refractivity contribution < 1.29 is 0 Å².